The molecule has 0 aliphatic heterocycles. The third-order valence-electron chi connectivity index (χ3n) is 7.11. The first-order valence-electron chi connectivity index (χ1n) is 13.8. The largest absolute Gasteiger partial charge is 0.456 e. The Kier molecular flexibility index (Phi) is 8.57. The van der Waals surface area contributed by atoms with Gasteiger partial charge in [0.25, 0.3) is 23.4 Å². The second-order valence-corrected chi connectivity index (χ2v) is 10.6. The molecule has 0 bridgehead atoms. The summed E-state index contributed by atoms with van der Waals surface area (Å²) in [5.41, 5.74) is 2.45. The minimum Gasteiger partial charge on any atom is -0.456 e. The number of esters is 1. The highest BCUT2D eigenvalue weighted by Gasteiger charge is 2.21. The highest BCUT2D eigenvalue weighted by molar-refractivity contribution is 6.08. The molecule has 0 saturated carbocycles. The number of hydrogen-bond donors (Lipinski definition) is 3. The maximum atomic E-state index is 13.1. The second kappa shape index (κ2) is 12.7. The summed E-state index contributed by atoms with van der Waals surface area (Å²) in [6, 6.07) is 14.9. The van der Waals surface area contributed by atoms with Gasteiger partial charge in [-0.15, -0.1) is 0 Å². The lowest BCUT2D eigenvalue weighted by atomic mass is 10.2. The van der Waals surface area contributed by atoms with Crippen LogP contribution in [0.4, 0.5) is 22.7 Å². The van der Waals surface area contributed by atoms with Gasteiger partial charge < -0.3 is 39.0 Å². The molecule has 3 amide bonds. The first-order chi connectivity index (χ1) is 21.9. The number of carbonyl (C=O) groups is 4. The Bertz CT molecular complexity index is 1980. The topological polar surface area (TPSA) is 176 Å². The molecule has 4 aromatic heterocycles. The van der Waals surface area contributed by atoms with Crippen molar-refractivity contribution in [3.05, 3.63) is 118 Å². The molecule has 0 spiro atoms. The van der Waals surface area contributed by atoms with Crippen LogP contribution in [0.25, 0.3) is 0 Å². The fourth-order valence-corrected chi connectivity index (χ4v) is 4.81. The molecule has 5 rings (SSSR count). The molecule has 46 heavy (non-hydrogen) atoms. The van der Waals surface area contributed by atoms with Gasteiger partial charge in [0, 0.05) is 52.8 Å². The van der Waals surface area contributed by atoms with E-state index >= 15 is 0 Å². The van der Waals surface area contributed by atoms with Crippen molar-refractivity contribution in [3.63, 3.8) is 0 Å². The van der Waals surface area contributed by atoms with E-state index < -0.39 is 28.6 Å². The van der Waals surface area contributed by atoms with Crippen molar-refractivity contribution in [2.24, 2.45) is 28.2 Å². The molecule has 0 aliphatic rings. The number of hydrogen-bond acceptors (Lipinski definition) is 7. The van der Waals surface area contributed by atoms with Gasteiger partial charge in [0.1, 0.15) is 29.4 Å². The van der Waals surface area contributed by atoms with Crippen molar-refractivity contribution < 1.29 is 28.8 Å². The lowest BCUT2D eigenvalue weighted by Gasteiger charge is -2.05. The summed E-state index contributed by atoms with van der Waals surface area (Å²) < 4.78 is 11.3. The monoisotopic (exact) mass is 626 g/mol. The van der Waals surface area contributed by atoms with E-state index in [4.69, 9.17) is 4.74 Å². The van der Waals surface area contributed by atoms with E-state index in [2.05, 4.69) is 16.0 Å². The molecular weight excluding hydrogens is 596 g/mol. The second-order valence-electron chi connectivity index (χ2n) is 10.6. The molecule has 4 heterocycles. The fraction of sp³-hybridized carbons (Fsp3) is 0.161. The molecule has 1 aromatic carbocycles. The number of amides is 3. The molecule has 236 valence electrons. The Hall–Kier alpha value is -6.38. The minimum atomic E-state index is -0.593. The van der Waals surface area contributed by atoms with Gasteiger partial charge in [-0.05, 0) is 23.8 Å². The first kappa shape index (κ1) is 31.1. The van der Waals surface area contributed by atoms with Gasteiger partial charge in [-0.3, -0.25) is 24.5 Å². The summed E-state index contributed by atoms with van der Waals surface area (Å²) in [5.74, 6) is -2.09. The van der Waals surface area contributed by atoms with Crippen molar-refractivity contribution >= 4 is 46.4 Å². The van der Waals surface area contributed by atoms with E-state index in [-0.39, 0.29) is 35.1 Å². The minimum absolute atomic E-state index is 0.0753. The molecule has 0 saturated heterocycles. The Morgan fingerprint density at radius 1 is 0.652 bits per heavy atom. The molecule has 0 fully saturated rings. The highest BCUT2D eigenvalue weighted by atomic mass is 16.6. The molecule has 15 heteroatoms. The van der Waals surface area contributed by atoms with Crippen LogP contribution in [0, 0.1) is 10.1 Å². The molecule has 0 unspecified atom stereocenters. The molecule has 15 nitrogen and oxygen atoms in total. The molecule has 0 radical (unpaired) electrons. The summed E-state index contributed by atoms with van der Waals surface area (Å²) in [5, 5.41) is 19.2. The number of carbonyl (C=O) groups excluding carboxylic acids is 4. The fourth-order valence-electron chi connectivity index (χ4n) is 4.81. The molecule has 0 atom stereocenters. The number of aromatic nitrogens is 4. The average Bonchev–Trinajstić information content (AvgIpc) is 3.77. The van der Waals surface area contributed by atoms with Crippen molar-refractivity contribution in [1.29, 1.82) is 0 Å². The number of ether oxygens (including phenoxy) is 1. The predicted molar refractivity (Wildman–Crippen MR) is 168 cm³/mol. The van der Waals surface area contributed by atoms with Gasteiger partial charge in [-0.25, -0.2) is 4.79 Å². The Balaban J connectivity index is 1.21. The van der Waals surface area contributed by atoms with Crippen LogP contribution < -0.4 is 16.0 Å². The predicted octanol–water partition coefficient (Wildman–Crippen LogP) is 4.06. The van der Waals surface area contributed by atoms with Gasteiger partial charge in [-0.1, -0.05) is 30.3 Å². The number of rotatable bonds is 10. The van der Waals surface area contributed by atoms with E-state index in [1.54, 1.807) is 42.7 Å². The number of nitro groups is 1. The summed E-state index contributed by atoms with van der Waals surface area (Å²) in [6.45, 7) is 0.115. The molecule has 3 N–H and O–H groups in total. The van der Waals surface area contributed by atoms with Crippen LogP contribution in [0.3, 0.4) is 0 Å². The van der Waals surface area contributed by atoms with E-state index in [9.17, 15) is 29.3 Å². The van der Waals surface area contributed by atoms with Gasteiger partial charge in [0.15, 0.2) is 0 Å². The van der Waals surface area contributed by atoms with Gasteiger partial charge in [0.2, 0.25) is 0 Å². The van der Waals surface area contributed by atoms with E-state index in [0.29, 0.717) is 17.1 Å². The number of nitrogens with one attached hydrogen (secondary N) is 3. The third kappa shape index (κ3) is 6.72. The zero-order chi connectivity index (χ0) is 33.1. The summed E-state index contributed by atoms with van der Waals surface area (Å²) >= 11 is 0. The first-order valence-corrected chi connectivity index (χ1v) is 13.8. The van der Waals surface area contributed by atoms with Crippen molar-refractivity contribution in [2.75, 3.05) is 16.0 Å². The van der Waals surface area contributed by atoms with Crippen molar-refractivity contribution in [1.82, 2.24) is 18.3 Å². The average molecular weight is 627 g/mol. The lowest BCUT2D eigenvalue weighted by molar-refractivity contribution is -0.384. The van der Waals surface area contributed by atoms with Gasteiger partial charge >= 0.3 is 5.97 Å². The summed E-state index contributed by atoms with van der Waals surface area (Å²) in [6.07, 6.45) is 5.92. The number of anilines is 3. The molecule has 0 aliphatic carbocycles. The van der Waals surface area contributed by atoms with Crippen molar-refractivity contribution in [2.45, 2.75) is 6.61 Å². The van der Waals surface area contributed by atoms with Crippen LogP contribution >= 0.6 is 0 Å². The number of aryl methyl sites for hydroxylation is 4. The normalized spacial score (nSPS) is 10.8. The summed E-state index contributed by atoms with van der Waals surface area (Å²) in [7, 11) is 6.44. The maximum absolute atomic E-state index is 13.1. The Labute approximate surface area is 262 Å². The van der Waals surface area contributed by atoms with Crippen LogP contribution in [0.1, 0.15) is 47.5 Å². The van der Waals surface area contributed by atoms with Crippen LogP contribution in [0.5, 0.6) is 0 Å². The SMILES string of the molecule is Cn1cc(NC(=O)c2cc([N+](=O)[O-])cn2C)cc1C(=O)Nc1cc(C(=O)Nc2cc(C(=O)OCc3ccccc3)n(C)c2)n(C)c1. The number of nitrogens with zero attached hydrogens (tertiary/aromatic N) is 5. The van der Waals surface area contributed by atoms with Crippen LogP contribution in [0.2, 0.25) is 0 Å². The van der Waals surface area contributed by atoms with E-state index in [1.165, 1.54) is 46.8 Å². The Morgan fingerprint density at radius 2 is 1.07 bits per heavy atom. The van der Waals surface area contributed by atoms with Crippen LogP contribution in [-0.4, -0.2) is 46.9 Å². The smallest absolute Gasteiger partial charge is 0.355 e. The zero-order valence-corrected chi connectivity index (χ0v) is 25.3. The van der Waals surface area contributed by atoms with Crippen molar-refractivity contribution in [3.8, 4) is 0 Å². The highest BCUT2D eigenvalue weighted by Crippen LogP contribution is 2.21. The summed E-state index contributed by atoms with van der Waals surface area (Å²) in [4.78, 5) is 61.9. The van der Waals surface area contributed by atoms with Gasteiger partial charge in [0.05, 0.1) is 28.2 Å². The molecular formula is C31H30N8O7. The van der Waals surface area contributed by atoms with E-state index in [1.807, 2.05) is 30.3 Å². The van der Waals surface area contributed by atoms with Crippen LogP contribution in [-0.2, 0) is 39.5 Å². The quantitative estimate of drug-likeness (QED) is 0.119. The lowest BCUT2D eigenvalue weighted by Crippen LogP contribution is -2.15. The van der Waals surface area contributed by atoms with Gasteiger partial charge in [-0.2, -0.15) is 0 Å². The molecule has 5 aromatic rings. The number of benzene rings is 1. The van der Waals surface area contributed by atoms with E-state index in [0.717, 1.165) is 11.6 Å². The van der Waals surface area contributed by atoms with Crippen LogP contribution in [0.15, 0.2) is 79.4 Å². The zero-order valence-electron chi connectivity index (χ0n) is 25.3. The third-order valence-corrected chi connectivity index (χ3v) is 7.11. The standard InChI is InChI=1S/C31H30N8O7/c1-35-14-20(32-28(40)24-11-21(15-36(24)2)33-30(42)26-13-23(39(44)45)17-38(26)4)10-25(35)29(41)34-22-12-27(37(3)16-22)31(43)46-18-19-8-6-5-7-9-19/h5-17H,18H2,1-4H3,(H,32,40)(H,33,42)(H,34,41). The Morgan fingerprint density at radius 3 is 1.52 bits per heavy atom. The maximum Gasteiger partial charge on any atom is 0.355 e.